The molecule has 0 spiro atoms. The number of aryl methyl sites for hydroxylation is 1. The van der Waals surface area contributed by atoms with Crippen LogP contribution in [0.4, 0.5) is 107 Å². The summed E-state index contributed by atoms with van der Waals surface area (Å²) in [6, 6.07) is -0.0336. The average Bonchev–Trinajstić information content (AvgIpc) is 2.90. The maximum atomic E-state index is 14.3. The second-order valence-corrected chi connectivity index (χ2v) is 10.2. The lowest BCUT2D eigenvalue weighted by Gasteiger charge is -2.45. The van der Waals surface area contributed by atoms with Crippen LogP contribution in [0.25, 0.3) is 0 Å². The van der Waals surface area contributed by atoms with E-state index in [0.717, 1.165) is 18.2 Å². The summed E-state index contributed by atoms with van der Waals surface area (Å²) >= 11 is 0. The van der Waals surface area contributed by atoms with Crippen LogP contribution in [0.5, 0.6) is 0 Å². The van der Waals surface area contributed by atoms with E-state index in [0.29, 0.717) is 6.07 Å². The Labute approximate surface area is 260 Å². The first kappa shape index (κ1) is 44.5. The van der Waals surface area contributed by atoms with Gasteiger partial charge in [0, 0.05) is 18.0 Å². The van der Waals surface area contributed by atoms with E-state index >= 15 is 0 Å². The Morgan fingerprint density at radius 1 is 0.600 bits per heavy atom. The van der Waals surface area contributed by atoms with E-state index in [9.17, 15) is 111 Å². The Morgan fingerprint density at radius 3 is 1.28 bits per heavy atom. The summed E-state index contributed by atoms with van der Waals surface area (Å²) in [5, 5.41) is 1.35. The maximum Gasteiger partial charge on any atom is 0.460 e. The molecule has 1 amide bonds. The standard InChI is InChI=1S/C23H13F23N2O2/c1-8-3-10(5-11(4-8)47-7-49)12(50)48-9(2)6-13(24,25)14(26,27)15(28,29)16(30,31)17(32,33)18(34,35)19(36,37)20(38,39)21(40,41)22(42,43)23(44,45)46/h3-5,9H,6H2,1-2H3,(H,48,50). The van der Waals surface area contributed by atoms with Crippen molar-refractivity contribution in [3.05, 3.63) is 29.3 Å². The monoisotopic (exact) mass is 786 g/mol. The van der Waals surface area contributed by atoms with Crippen molar-refractivity contribution in [2.24, 2.45) is 4.99 Å². The first-order valence-corrected chi connectivity index (χ1v) is 12.1. The van der Waals surface area contributed by atoms with Crippen molar-refractivity contribution in [1.29, 1.82) is 0 Å². The van der Waals surface area contributed by atoms with E-state index in [2.05, 4.69) is 4.99 Å². The van der Waals surface area contributed by atoms with Gasteiger partial charge in [0.2, 0.25) is 6.08 Å². The van der Waals surface area contributed by atoms with Gasteiger partial charge in [0.1, 0.15) is 0 Å². The van der Waals surface area contributed by atoms with Crippen LogP contribution in [0.2, 0.25) is 0 Å². The molecule has 4 nitrogen and oxygen atoms in total. The van der Waals surface area contributed by atoms with Gasteiger partial charge in [-0.15, -0.1) is 0 Å². The number of aliphatic imine (C=N–C) groups is 1. The number of carbonyl (C=O) groups is 1. The van der Waals surface area contributed by atoms with E-state index in [1.54, 1.807) is 0 Å². The lowest BCUT2D eigenvalue weighted by Crippen LogP contribution is -2.77. The van der Waals surface area contributed by atoms with Gasteiger partial charge in [-0.05, 0) is 37.6 Å². The molecule has 1 unspecified atom stereocenters. The van der Waals surface area contributed by atoms with Crippen LogP contribution in [-0.4, -0.2) is 83.4 Å². The first-order chi connectivity index (χ1) is 21.7. The highest BCUT2D eigenvalue weighted by Crippen LogP contribution is 2.67. The highest BCUT2D eigenvalue weighted by atomic mass is 19.4. The number of alkyl halides is 23. The lowest BCUT2D eigenvalue weighted by atomic mass is 9.84. The summed E-state index contributed by atoms with van der Waals surface area (Å²) in [4.78, 5) is 25.6. The Balaban J connectivity index is 3.62. The van der Waals surface area contributed by atoms with Gasteiger partial charge in [0.05, 0.1) is 5.69 Å². The molecule has 1 rings (SSSR count). The number of hydrogen-bond acceptors (Lipinski definition) is 3. The van der Waals surface area contributed by atoms with E-state index in [1.807, 2.05) is 0 Å². The lowest BCUT2D eigenvalue weighted by molar-refractivity contribution is -0.478. The van der Waals surface area contributed by atoms with Crippen LogP contribution < -0.4 is 5.32 Å². The van der Waals surface area contributed by atoms with Crippen LogP contribution >= 0.6 is 0 Å². The maximum absolute atomic E-state index is 14.3. The molecule has 0 heterocycles. The number of isocyanates is 1. The number of amides is 1. The largest absolute Gasteiger partial charge is 0.460 e. The Kier molecular flexibility index (Phi) is 11.2. The Morgan fingerprint density at radius 2 is 0.940 bits per heavy atom. The molecule has 0 aromatic heterocycles. The van der Waals surface area contributed by atoms with E-state index < -0.39 is 89.3 Å². The van der Waals surface area contributed by atoms with E-state index in [-0.39, 0.29) is 18.2 Å². The highest BCUT2D eigenvalue weighted by Gasteiger charge is 2.98. The molecule has 0 aliphatic carbocycles. The predicted molar refractivity (Wildman–Crippen MR) is 116 cm³/mol. The molecule has 0 saturated carbocycles. The number of rotatable bonds is 14. The third kappa shape index (κ3) is 6.41. The Hall–Kier alpha value is -3.54. The topological polar surface area (TPSA) is 58.5 Å². The van der Waals surface area contributed by atoms with Crippen LogP contribution in [0.1, 0.15) is 29.3 Å². The van der Waals surface area contributed by atoms with Gasteiger partial charge in [-0.1, -0.05) is 0 Å². The number of hydrogen-bond donors (Lipinski definition) is 1. The fourth-order valence-corrected chi connectivity index (χ4v) is 3.67. The van der Waals surface area contributed by atoms with Crippen molar-refractivity contribution >= 4 is 17.7 Å². The molecule has 288 valence electrons. The molecule has 1 aromatic carbocycles. The summed E-state index contributed by atoms with van der Waals surface area (Å²) < 4.78 is 312. The summed E-state index contributed by atoms with van der Waals surface area (Å²) in [7, 11) is 0. The van der Waals surface area contributed by atoms with E-state index in [4.69, 9.17) is 0 Å². The molecular weight excluding hydrogens is 773 g/mol. The highest BCUT2D eigenvalue weighted by molar-refractivity contribution is 5.95. The minimum Gasteiger partial charge on any atom is -0.349 e. The molecule has 0 bridgehead atoms. The second-order valence-electron chi connectivity index (χ2n) is 10.2. The number of nitrogens with zero attached hydrogens (tertiary/aromatic N) is 1. The molecule has 0 aliphatic heterocycles. The zero-order chi connectivity index (χ0) is 40.3. The molecule has 1 aromatic rings. The molecule has 0 saturated heterocycles. The fraction of sp³-hybridized carbons (Fsp3) is 0.652. The summed E-state index contributed by atoms with van der Waals surface area (Å²) in [6.45, 7) is 1.40. The molecular formula is C23H13F23N2O2. The molecule has 1 atom stereocenters. The third-order valence-electron chi connectivity index (χ3n) is 6.41. The van der Waals surface area contributed by atoms with Crippen molar-refractivity contribution in [3.63, 3.8) is 0 Å². The van der Waals surface area contributed by atoms with Gasteiger partial charge in [0.15, 0.2) is 0 Å². The zero-order valence-electron chi connectivity index (χ0n) is 23.5. The first-order valence-electron chi connectivity index (χ1n) is 12.1. The quantitative estimate of drug-likeness (QED) is 0.116. The smallest absolute Gasteiger partial charge is 0.349 e. The van der Waals surface area contributed by atoms with Gasteiger partial charge in [-0.2, -0.15) is 106 Å². The number of nitrogens with one attached hydrogen (secondary N) is 1. The fourth-order valence-electron chi connectivity index (χ4n) is 3.67. The number of carbonyl (C=O) groups excluding carboxylic acids is 2. The summed E-state index contributed by atoms with van der Waals surface area (Å²) in [5.41, 5.74) is -0.969. The van der Waals surface area contributed by atoms with Crippen molar-refractivity contribution in [3.8, 4) is 0 Å². The van der Waals surface area contributed by atoms with Gasteiger partial charge >= 0.3 is 65.4 Å². The van der Waals surface area contributed by atoms with E-state index in [1.165, 1.54) is 12.2 Å². The van der Waals surface area contributed by atoms with Crippen molar-refractivity contribution in [2.75, 3.05) is 0 Å². The zero-order valence-corrected chi connectivity index (χ0v) is 23.5. The molecule has 0 radical (unpaired) electrons. The predicted octanol–water partition coefficient (Wildman–Crippen LogP) is 9.39. The Bertz CT molecular complexity index is 1480. The van der Waals surface area contributed by atoms with Crippen LogP contribution in [-0.2, 0) is 4.79 Å². The van der Waals surface area contributed by atoms with Crippen molar-refractivity contribution in [2.45, 2.75) is 91.7 Å². The van der Waals surface area contributed by atoms with Crippen molar-refractivity contribution in [1.82, 2.24) is 5.32 Å². The number of benzene rings is 1. The molecule has 27 heteroatoms. The van der Waals surface area contributed by atoms with Gasteiger partial charge < -0.3 is 5.32 Å². The van der Waals surface area contributed by atoms with Gasteiger partial charge in [0.25, 0.3) is 5.91 Å². The summed E-state index contributed by atoms with van der Waals surface area (Å²) in [6.07, 6.45) is -10.2. The molecule has 0 fully saturated rings. The third-order valence-corrected chi connectivity index (χ3v) is 6.41. The normalized spacial score (nSPS) is 15.8. The average molecular weight is 786 g/mol. The minimum absolute atomic E-state index is 0.0666. The number of halogens is 23. The van der Waals surface area contributed by atoms with Gasteiger partial charge in [-0.3, -0.25) is 4.79 Å². The summed E-state index contributed by atoms with van der Waals surface area (Å²) in [5.74, 6) is -90.1. The molecule has 0 aliphatic rings. The minimum atomic E-state index is -9.48. The molecule has 1 N–H and O–H groups in total. The second kappa shape index (κ2) is 12.6. The van der Waals surface area contributed by atoms with Gasteiger partial charge in [-0.25, -0.2) is 4.79 Å². The SMILES string of the molecule is Cc1cc(N=C=O)cc(C(=O)NC(C)CC(F)(F)C(F)(F)C(F)(F)C(F)(F)C(F)(F)C(F)(F)C(F)(F)C(F)(F)C(F)(F)C(F)(F)C(F)(F)F)c1. The van der Waals surface area contributed by atoms with Crippen molar-refractivity contribution < 1.29 is 111 Å². The van der Waals surface area contributed by atoms with Crippen LogP contribution in [0.15, 0.2) is 23.2 Å². The van der Waals surface area contributed by atoms with Crippen LogP contribution in [0, 0.1) is 6.92 Å². The van der Waals surface area contributed by atoms with Crippen LogP contribution in [0.3, 0.4) is 0 Å². The molecule has 50 heavy (non-hydrogen) atoms.